The first-order valence-corrected chi connectivity index (χ1v) is 9.50. The highest BCUT2D eigenvalue weighted by Crippen LogP contribution is 2.40. The number of hydrogen-bond donors (Lipinski definition) is 1. The van der Waals surface area contributed by atoms with Crippen LogP contribution >= 0.6 is 35.3 Å². The molecule has 20 heavy (non-hydrogen) atoms. The van der Waals surface area contributed by atoms with E-state index >= 15 is 0 Å². The normalized spacial score (nSPS) is 18.2. The van der Waals surface area contributed by atoms with Crippen molar-refractivity contribution < 1.29 is 0 Å². The van der Waals surface area contributed by atoms with Crippen LogP contribution < -0.4 is 0 Å². The molecule has 0 saturated heterocycles. The van der Waals surface area contributed by atoms with Crippen molar-refractivity contribution in [2.45, 2.75) is 43.4 Å². The molecule has 3 rings (SSSR count). The van der Waals surface area contributed by atoms with Gasteiger partial charge in [0, 0.05) is 11.3 Å². The van der Waals surface area contributed by atoms with E-state index < -0.39 is 0 Å². The standard InChI is InChI=1S/C14H19N3S3/c1-19-14(7-3-2-4-8-14)10-17-12(15-16-13(17)18)11-6-5-9-20-11/h5-6,9H,2-4,7-8,10H2,1H3,(H,16,18). The van der Waals surface area contributed by atoms with Gasteiger partial charge in [0.25, 0.3) is 0 Å². The van der Waals surface area contributed by atoms with Gasteiger partial charge < -0.3 is 0 Å². The number of aromatic amines is 1. The van der Waals surface area contributed by atoms with Crippen LogP contribution in [0.15, 0.2) is 17.5 Å². The van der Waals surface area contributed by atoms with Crippen LogP contribution in [0.4, 0.5) is 0 Å². The van der Waals surface area contributed by atoms with Crippen LogP contribution in [0.25, 0.3) is 10.7 Å². The number of nitrogens with zero attached hydrogens (tertiary/aromatic N) is 2. The summed E-state index contributed by atoms with van der Waals surface area (Å²) in [6.45, 7) is 0.969. The van der Waals surface area contributed by atoms with Crippen molar-refractivity contribution in [2.24, 2.45) is 0 Å². The van der Waals surface area contributed by atoms with Gasteiger partial charge in [-0.3, -0.25) is 9.67 Å². The van der Waals surface area contributed by atoms with Crippen molar-refractivity contribution in [2.75, 3.05) is 6.26 Å². The molecule has 108 valence electrons. The Morgan fingerprint density at radius 3 is 2.90 bits per heavy atom. The highest BCUT2D eigenvalue weighted by Gasteiger charge is 2.32. The van der Waals surface area contributed by atoms with E-state index in [-0.39, 0.29) is 0 Å². The molecule has 6 heteroatoms. The van der Waals surface area contributed by atoms with Crippen LogP contribution in [0.1, 0.15) is 32.1 Å². The molecule has 0 aromatic carbocycles. The summed E-state index contributed by atoms with van der Waals surface area (Å²) in [5, 5.41) is 9.49. The van der Waals surface area contributed by atoms with Crippen molar-refractivity contribution in [1.29, 1.82) is 0 Å². The molecule has 1 aliphatic carbocycles. The molecular formula is C14H19N3S3. The molecule has 1 aliphatic rings. The summed E-state index contributed by atoms with van der Waals surface area (Å²) >= 11 is 9.17. The first-order chi connectivity index (χ1) is 9.74. The van der Waals surface area contributed by atoms with Crippen molar-refractivity contribution in [3.63, 3.8) is 0 Å². The Labute approximate surface area is 132 Å². The molecule has 0 unspecified atom stereocenters. The molecule has 1 N–H and O–H groups in total. The first-order valence-electron chi connectivity index (χ1n) is 6.98. The third-order valence-corrected chi connectivity index (χ3v) is 6.72. The summed E-state index contributed by atoms with van der Waals surface area (Å²) in [4.78, 5) is 1.18. The van der Waals surface area contributed by atoms with Gasteiger partial charge in [0.1, 0.15) is 0 Å². The Morgan fingerprint density at radius 1 is 1.45 bits per heavy atom. The summed E-state index contributed by atoms with van der Waals surface area (Å²) in [6, 6.07) is 4.17. The minimum atomic E-state index is 0.326. The van der Waals surface area contributed by atoms with Crippen LogP contribution in [0, 0.1) is 4.77 Å². The van der Waals surface area contributed by atoms with Crippen LogP contribution in [0.3, 0.4) is 0 Å². The lowest BCUT2D eigenvalue weighted by molar-refractivity contribution is 0.358. The van der Waals surface area contributed by atoms with Crippen LogP contribution in [-0.2, 0) is 6.54 Å². The monoisotopic (exact) mass is 325 g/mol. The van der Waals surface area contributed by atoms with Gasteiger partial charge in [-0.2, -0.15) is 16.9 Å². The van der Waals surface area contributed by atoms with Crippen molar-refractivity contribution in [3.8, 4) is 10.7 Å². The van der Waals surface area contributed by atoms with Gasteiger partial charge in [-0.05, 0) is 42.8 Å². The molecule has 1 fully saturated rings. The zero-order chi connectivity index (χ0) is 14.0. The average Bonchev–Trinajstić information content (AvgIpc) is 3.11. The summed E-state index contributed by atoms with van der Waals surface area (Å²) in [5.74, 6) is 0.990. The van der Waals surface area contributed by atoms with E-state index in [2.05, 4.69) is 38.5 Å². The highest BCUT2D eigenvalue weighted by molar-refractivity contribution is 8.00. The number of H-pyrrole nitrogens is 1. The Hall–Kier alpha value is -0.590. The van der Waals surface area contributed by atoms with Gasteiger partial charge in [0.15, 0.2) is 10.6 Å². The smallest absolute Gasteiger partial charge is 0.195 e. The molecule has 1 saturated carbocycles. The summed E-state index contributed by atoms with van der Waals surface area (Å²) in [5.41, 5.74) is 0. The van der Waals surface area contributed by atoms with Crippen LogP contribution in [-0.4, -0.2) is 25.8 Å². The maximum absolute atomic E-state index is 5.45. The van der Waals surface area contributed by atoms with Gasteiger partial charge in [-0.1, -0.05) is 25.3 Å². The first kappa shape index (κ1) is 14.4. The van der Waals surface area contributed by atoms with E-state index in [4.69, 9.17) is 12.2 Å². The zero-order valence-electron chi connectivity index (χ0n) is 11.6. The highest BCUT2D eigenvalue weighted by atomic mass is 32.2. The van der Waals surface area contributed by atoms with E-state index in [0.29, 0.717) is 4.75 Å². The van der Waals surface area contributed by atoms with Gasteiger partial charge in [0.05, 0.1) is 4.88 Å². The van der Waals surface area contributed by atoms with Gasteiger partial charge in [-0.25, -0.2) is 0 Å². The lowest BCUT2D eigenvalue weighted by Gasteiger charge is -2.36. The molecule has 0 atom stereocenters. The lowest BCUT2D eigenvalue weighted by atomic mass is 9.88. The largest absolute Gasteiger partial charge is 0.298 e. The second-order valence-electron chi connectivity index (χ2n) is 5.36. The van der Waals surface area contributed by atoms with Crippen LogP contribution in [0.2, 0.25) is 0 Å². The number of thiophene rings is 1. The second-order valence-corrected chi connectivity index (χ2v) is 7.97. The molecule has 2 aromatic rings. The maximum atomic E-state index is 5.45. The summed E-state index contributed by atoms with van der Waals surface area (Å²) < 4.78 is 3.27. The molecule has 2 heterocycles. The molecule has 0 spiro atoms. The number of nitrogens with one attached hydrogen (secondary N) is 1. The molecule has 3 nitrogen and oxygen atoms in total. The molecule has 0 aliphatic heterocycles. The number of thioether (sulfide) groups is 1. The van der Waals surface area contributed by atoms with E-state index in [0.717, 1.165) is 17.1 Å². The second kappa shape index (κ2) is 6.03. The fourth-order valence-electron chi connectivity index (χ4n) is 2.97. The quantitative estimate of drug-likeness (QED) is 0.825. The number of rotatable bonds is 4. The van der Waals surface area contributed by atoms with E-state index in [9.17, 15) is 0 Å². The Morgan fingerprint density at radius 2 is 2.25 bits per heavy atom. The molecule has 2 aromatic heterocycles. The Bertz CT molecular complexity index is 606. The third kappa shape index (κ3) is 2.73. The number of aromatic nitrogens is 3. The number of hydrogen-bond acceptors (Lipinski definition) is 4. The SMILES string of the molecule is CSC1(Cn2c(-c3cccs3)n[nH]c2=S)CCCCC1. The topological polar surface area (TPSA) is 33.6 Å². The van der Waals surface area contributed by atoms with Crippen LogP contribution in [0.5, 0.6) is 0 Å². The van der Waals surface area contributed by atoms with Gasteiger partial charge >= 0.3 is 0 Å². The minimum absolute atomic E-state index is 0.326. The fourth-order valence-corrected chi connectivity index (χ4v) is 4.84. The molecule has 0 amide bonds. The minimum Gasteiger partial charge on any atom is -0.298 e. The summed E-state index contributed by atoms with van der Waals surface area (Å²) in [6.07, 6.45) is 8.84. The van der Waals surface area contributed by atoms with Crippen molar-refractivity contribution in [3.05, 3.63) is 22.3 Å². The van der Waals surface area contributed by atoms with Gasteiger partial charge in [0.2, 0.25) is 0 Å². The zero-order valence-corrected chi connectivity index (χ0v) is 14.0. The third-order valence-electron chi connectivity index (χ3n) is 4.14. The Balaban J connectivity index is 1.94. The fraction of sp³-hybridized carbons (Fsp3) is 0.571. The van der Waals surface area contributed by atoms with E-state index in [1.807, 2.05) is 11.8 Å². The predicted molar refractivity (Wildman–Crippen MR) is 90.1 cm³/mol. The summed E-state index contributed by atoms with van der Waals surface area (Å²) in [7, 11) is 0. The molecular weight excluding hydrogens is 306 g/mol. The molecule has 0 bridgehead atoms. The van der Waals surface area contributed by atoms with E-state index in [1.54, 1.807) is 11.3 Å². The maximum Gasteiger partial charge on any atom is 0.195 e. The van der Waals surface area contributed by atoms with Gasteiger partial charge in [-0.15, -0.1) is 11.3 Å². The van der Waals surface area contributed by atoms with E-state index in [1.165, 1.54) is 37.0 Å². The Kier molecular flexibility index (Phi) is 4.33. The molecule has 0 radical (unpaired) electrons. The van der Waals surface area contributed by atoms with Crippen molar-refractivity contribution in [1.82, 2.24) is 14.8 Å². The lowest BCUT2D eigenvalue weighted by Crippen LogP contribution is -2.33. The average molecular weight is 326 g/mol. The van der Waals surface area contributed by atoms with Crippen molar-refractivity contribution >= 4 is 35.3 Å². The predicted octanol–water partition coefficient (Wildman–Crippen LogP) is 4.74.